The third-order valence-corrected chi connectivity index (χ3v) is 4.36. The van der Waals surface area contributed by atoms with E-state index in [0.717, 1.165) is 11.0 Å². The molecule has 4 aromatic rings. The van der Waals surface area contributed by atoms with E-state index in [2.05, 4.69) is 34.5 Å². The molecule has 0 aliphatic rings. The van der Waals surface area contributed by atoms with Gasteiger partial charge in [0.25, 0.3) is 0 Å². The van der Waals surface area contributed by atoms with Crippen LogP contribution in [0.2, 0.25) is 0 Å². The third-order valence-electron chi connectivity index (χ3n) is 4.36. The number of nitrogens with one attached hydrogen (secondary N) is 1. The Balaban J connectivity index is 1.67. The number of fused-ring (bicyclic) bond motifs is 1. The molecule has 0 saturated carbocycles. The van der Waals surface area contributed by atoms with Crippen LogP contribution in [-0.4, -0.2) is 25.2 Å². The average Bonchev–Trinajstić information content (AvgIpc) is 3.25. The second-order valence-corrected chi connectivity index (χ2v) is 6.19. The van der Waals surface area contributed by atoms with E-state index in [-0.39, 0.29) is 12.5 Å². The molecule has 0 aliphatic heterocycles. The van der Waals surface area contributed by atoms with Crippen molar-refractivity contribution >= 4 is 22.9 Å². The molecule has 4 rings (SSSR count). The van der Waals surface area contributed by atoms with E-state index < -0.39 is 0 Å². The maximum Gasteiger partial charge on any atom is 0.248 e. The van der Waals surface area contributed by atoms with Crippen LogP contribution < -0.4 is 5.32 Å². The summed E-state index contributed by atoms with van der Waals surface area (Å²) in [5, 5.41) is 7.00. The Morgan fingerprint density at radius 2 is 1.88 bits per heavy atom. The summed E-state index contributed by atoms with van der Waals surface area (Å²) in [7, 11) is 0. The highest BCUT2D eigenvalue weighted by atomic mass is 16.2. The topological polar surface area (TPSA) is 64.7 Å². The van der Waals surface area contributed by atoms with Crippen molar-refractivity contribution in [3.63, 3.8) is 0 Å². The Hall–Kier alpha value is -3.41. The van der Waals surface area contributed by atoms with Gasteiger partial charge in [0.2, 0.25) is 11.9 Å². The first-order valence-electron chi connectivity index (χ1n) is 8.48. The summed E-state index contributed by atoms with van der Waals surface area (Å²) in [6, 6.07) is 17.9. The van der Waals surface area contributed by atoms with E-state index in [4.69, 9.17) is 0 Å². The number of rotatable bonds is 5. The minimum atomic E-state index is -0.157. The zero-order valence-electron chi connectivity index (χ0n) is 14.5. The van der Waals surface area contributed by atoms with Gasteiger partial charge in [-0.15, -0.1) is 0 Å². The van der Waals surface area contributed by atoms with Crippen LogP contribution in [0.4, 0.5) is 5.95 Å². The molecule has 0 bridgehead atoms. The molecule has 1 amide bonds. The van der Waals surface area contributed by atoms with Gasteiger partial charge >= 0.3 is 0 Å². The summed E-state index contributed by atoms with van der Waals surface area (Å²) >= 11 is 0. The fourth-order valence-corrected chi connectivity index (χ4v) is 2.99. The predicted molar refractivity (Wildman–Crippen MR) is 101 cm³/mol. The second-order valence-electron chi connectivity index (χ2n) is 6.19. The molecule has 6 nitrogen and oxygen atoms in total. The van der Waals surface area contributed by atoms with E-state index in [0.29, 0.717) is 12.5 Å². The van der Waals surface area contributed by atoms with Crippen LogP contribution in [0.25, 0.3) is 11.0 Å². The lowest BCUT2D eigenvalue weighted by atomic mass is 10.1. The Labute approximate surface area is 151 Å². The van der Waals surface area contributed by atoms with Gasteiger partial charge in [-0.2, -0.15) is 5.10 Å². The number of aromatic nitrogens is 4. The molecule has 130 valence electrons. The Morgan fingerprint density at radius 3 is 2.69 bits per heavy atom. The van der Waals surface area contributed by atoms with Crippen LogP contribution in [0.3, 0.4) is 0 Å². The SMILES string of the molecule is Cc1ccccc1Cn1c(NC(=O)Cn2cccn2)nc2ccccc21. The number of nitrogens with zero attached hydrogens (tertiary/aromatic N) is 4. The number of anilines is 1. The third kappa shape index (κ3) is 3.21. The molecule has 0 unspecified atom stereocenters. The van der Waals surface area contributed by atoms with Gasteiger partial charge in [-0.25, -0.2) is 4.98 Å². The van der Waals surface area contributed by atoms with Crippen LogP contribution in [0.5, 0.6) is 0 Å². The summed E-state index contributed by atoms with van der Waals surface area (Å²) in [4.78, 5) is 17.0. The van der Waals surface area contributed by atoms with Crippen molar-refractivity contribution in [3.05, 3.63) is 78.1 Å². The number of amides is 1. The molecule has 0 fully saturated rings. The van der Waals surface area contributed by atoms with E-state index in [1.54, 1.807) is 23.1 Å². The molecule has 2 heterocycles. The maximum absolute atomic E-state index is 12.4. The van der Waals surface area contributed by atoms with Crippen LogP contribution >= 0.6 is 0 Å². The number of benzene rings is 2. The second kappa shape index (κ2) is 6.84. The summed E-state index contributed by atoms with van der Waals surface area (Å²) in [5.74, 6) is 0.390. The minimum Gasteiger partial charge on any atom is -0.305 e. The highest BCUT2D eigenvalue weighted by Gasteiger charge is 2.14. The first-order valence-corrected chi connectivity index (χ1v) is 8.48. The molecule has 2 aromatic heterocycles. The highest BCUT2D eigenvalue weighted by Crippen LogP contribution is 2.22. The van der Waals surface area contributed by atoms with Crippen molar-refractivity contribution in [1.82, 2.24) is 19.3 Å². The van der Waals surface area contributed by atoms with Crippen LogP contribution in [0.15, 0.2) is 67.0 Å². The number of imidazole rings is 1. The Morgan fingerprint density at radius 1 is 1.08 bits per heavy atom. The molecule has 0 radical (unpaired) electrons. The largest absolute Gasteiger partial charge is 0.305 e. The fraction of sp³-hybridized carbons (Fsp3) is 0.150. The van der Waals surface area contributed by atoms with Crippen LogP contribution in [-0.2, 0) is 17.9 Å². The first kappa shape index (κ1) is 16.1. The number of carbonyl (C=O) groups excluding carboxylic acids is 1. The van der Waals surface area contributed by atoms with Gasteiger partial charge in [0.05, 0.1) is 17.6 Å². The number of aryl methyl sites for hydroxylation is 1. The van der Waals surface area contributed by atoms with Crippen molar-refractivity contribution in [1.29, 1.82) is 0 Å². The lowest BCUT2D eigenvalue weighted by Gasteiger charge is -2.12. The summed E-state index contributed by atoms with van der Waals surface area (Å²) in [6.07, 6.45) is 3.41. The molecule has 2 aromatic carbocycles. The highest BCUT2D eigenvalue weighted by molar-refractivity contribution is 5.91. The van der Waals surface area contributed by atoms with Crippen molar-refractivity contribution in [2.45, 2.75) is 20.0 Å². The Bertz CT molecular complexity index is 1050. The Kier molecular flexibility index (Phi) is 4.23. The normalized spacial score (nSPS) is 11.0. The number of hydrogen-bond donors (Lipinski definition) is 1. The van der Waals surface area contributed by atoms with Crippen LogP contribution in [0.1, 0.15) is 11.1 Å². The van der Waals surface area contributed by atoms with E-state index >= 15 is 0 Å². The lowest BCUT2D eigenvalue weighted by Crippen LogP contribution is -2.21. The van der Waals surface area contributed by atoms with Crippen molar-refractivity contribution < 1.29 is 4.79 Å². The number of hydrogen-bond acceptors (Lipinski definition) is 3. The lowest BCUT2D eigenvalue weighted by molar-refractivity contribution is -0.117. The fourth-order valence-electron chi connectivity index (χ4n) is 2.99. The molecular weight excluding hydrogens is 326 g/mol. The van der Waals surface area contributed by atoms with E-state index in [1.165, 1.54) is 11.1 Å². The number of carbonyl (C=O) groups is 1. The smallest absolute Gasteiger partial charge is 0.248 e. The summed E-state index contributed by atoms with van der Waals surface area (Å²) in [6.45, 7) is 2.88. The van der Waals surface area contributed by atoms with Gasteiger partial charge < -0.3 is 4.57 Å². The van der Waals surface area contributed by atoms with E-state index in [1.807, 2.05) is 41.0 Å². The van der Waals surface area contributed by atoms with Gasteiger partial charge in [-0.1, -0.05) is 36.4 Å². The molecule has 0 saturated heterocycles. The summed E-state index contributed by atoms with van der Waals surface area (Å²) < 4.78 is 3.63. The number of para-hydroxylation sites is 2. The molecule has 6 heteroatoms. The summed E-state index contributed by atoms with van der Waals surface area (Å²) in [5.41, 5.74) is 4.25. The molecular formula is C20H19N5O. The average molecular weight is 345 g/mol. The maximum atomic E-state index is 12.4. The standard InChI is InChI=1S/C20H19N5O/c1-15-7-2-3-8-16(15)13-25-18-10-5-4-9-17(18)22-20(25)23-19(26)14-24-12-6-11-21-24/h2-12H,13-14H2,1H3,(H,22,23,26). The molecule has 0 aliphatic carbocycles. The van der Waals surface area contributed by atoms with Gasteiger partial charge in [-0.05, 0) is 36.2 Å². The zero-order valence-corrected chi connectivity index (χ0v) is 14.5. The quantitative estimate of drug-likeness (QED) is 0.604. The monoisotopic (exact) mass is 345 g/mol. The molecule has 1 N–H and O–H groups in total. The molecule has 0 spiro atoms. The van der Waals surface area contributed by atoms with E-state index in [9.17, 15) is 4.79 Å². The van der Waals surface area contributed by atoms with Crippen molar-refractivity contribution in [3.8, 4) is 0 Å². The molecule has 0 atom stereocenters. The van der Waals surface area contributed by atoms with Crippen molar-refractivity contribution in [2.24, 2.45) is 0 Å². The zero-order chi connectivity index (χ0) is 17.9. The van der Waals surface area contributed by atoms with Gasteiger partial charge in [0.1, 0.15) is 6.54 Å². The first-order chi connectivity index (χ1) is 12.7. The predicted octanol–water partition coefficient (Wildman–Crippen LogP) is 3.23. The van der Waals surface area contributed by atoms with Gasteiger partial charge in [0.15, 0.2) is 0 Å². The van der Waals surface area contributed by atoms with Crippen molar-refractivity contribution in [2.75, 3.05) is 5.32 Å². The van der Waals surface area contributed by atoms with Crippen LogP contribution in [0, 0.1) is 6.92 Å². The molecule has 26 heavy (non-hydrogen) atoms. The van der Waals surface area contributed by atoms with Gasteiger partial charge in [0, 0.05) is 12.4 Å². The minimum absolute atomic E-state index is 0.153. The van der Waals surface area contributed by atoms with Gasteiger partial charge in [-0.3, -0.25) is 14.8 Å².